The van der Waals surface area contributed by atoms with Gasteiger partial charge in [-0.1, -0.05) is 11.6 Å². The molecular formula is C33H45BrN5O3P. The summed E-state index contributed by atoms with van der Waals surface area (Å²) in [7, 11) is -2.52. The van der Waals surface area contributed by atoms with Crippen molar-refractivity contribution in [1.82, 2.24) is 14.9 Å². The summed E-state index contributed by atoms with van der Waals surface area (Å²) in [6.45, 7) is 15.9. The van der Waals surface area contributed by atoms with E-state index < -0.39 is 7.14 Å². The summed E-state index contributed by atoms with van der Waals surface area (Å²) in [5.41, 5.74) is 5.28. The van der Waals surface area contributed by atoms with Crippen LogP contribution in [0, 0.1) is 13.8 Å². The van der Waals surface area contributed by atoms with E-state index in [1.54, 1.807) is 19.5 Å². The number of likely N-dealkylation sites (tertiary alicyclic amines) is 1. The van der Waals surface area contributed by atoms with Gasteiger partial charge in [-0.25, -0.2) is 4.98 Å². The van der Waals surface area contributed by atoms with Crippen molar-refractivity contribution in [3.8, 4) is 5.75 Å². The molecule has 2 fully saturated rings. The van der Waals surface area contributed by atoms with Gasteiger partial charge in [0.15, 0.2) is 0 Å². The van der Waals surface area contributed by atoms with Gasteiger partial charge in [0.05, 0.1) is 22.0 Å². The van der Waals surface area contributed by atoms with Crippen LogP contribution in [-0.2, 0) is 9.30 Å². The van der Waals surface area contributed by atoms with Crippen molar-refractivity contribution in [2.45, 2.75) is 71.4 Å². The van der Waals surface area contributed by atoms with Crippen LogP contribution in [0.15, 0.2) is 41.0 Å². The number of benzene rings is 2. The lowest BCUT2D eigenvalue weighted by Crippen LogP contribution is -2.43. The highest BCUT2D eigenvalue weighted by molar-refractivity contribution is 9.10. The fourth-order valence-electron chi connectivity index (χ4n) is 6.17. The first-order valence-corrected chi connectivity index (χ1v) is 18.7. The SMILES string of the molecule is Cc1ccc(Nc2nc(Nc3cc(C)c(C4CCN(C5CCOCC5)CC4)cc3OC(C)C)ncc2Br)c(P(C)(C)=O)c1. The lowest BCUT2D eigenvalue weighted by molar-refractivity contribution is 0.0251. The second kappa shape index (κ2) is 13.7. The molecule has 3 heterocycles. The molecule has 2 saturated heterocycles. The Hall–Kier alpha value is -2.45. The predicted molar refractivity (Wildman–Crippen MR) is 181 cm³/mol. The number of hydrogen-bond acceptors (Lipinski definition) is 8. The quantitative estimate of drug-likeness (QED) is 0.224. The molecule has 0 atom stereocenters. The molecule has 2 aliphatic rings. The summed E-state index contributed by atoms with van der Waals surface area (Å²) < 4.78 is 25.7. The third-order valence-electron chi connectivity index (χ3n) is 8.38. The number of rotatable bonds is 9. The Labute approximate surface area is 264 Å². The number of aromatic nitrogens is 2. The standard InChI is InChI=1S/C33H45BrN5O3P/c1-21(2)42-30-19-26(24-9-13-39(14-10-24)25-11-15-41-16-12-25)23(4)18-29(30)37-33-35-20-27(34)32(38-33)36-28-8-7-22(3)17-31(28)43(5,6)40/h7-8,17-21,24-25H,9-16H2,1-6H3,(H2,35,36,37,38). The van der Waals surface area contributed by atoms with Crippen LogP contribution < -0.4 is 20.7 Å². The van der Waals surface area contributed by atoms with Crippen molar-refractivity contribution in [3.05, 3.63) is 57.7 Å². The van der Waals surface area contributed by atoms with Crippen LogP contribution in [0.1, 0.15) is 62.1 Å². The van der Waals surface area contributed by atoms with Crippen LogP contribution >= 0.6 is 23.1 Å². The zero-order valence-electron chi connectivity index (χ0n) is 26.2. The Morgan fingerprint density at radius 1 is 1.02 bits per heavy atom. The van der Waals surface area contributed by atoms with Crippen LogP contribution in [-0.4, -0.2) is 66.6 Å². The van der Waals surface area contributed by atoms with Gasteiger partial charge in [0.25, 0.3) is 0 Å². The van der Waals surface area contributed by atoms with Gasteiger partial charge in [-0.05, 0) is 137 Å². The predicted octanol–water partition coefficient (Wildman–Crippen LogP) is 7.74. The van der Waals surface area contributed by atoms with Crippen LogP contribution in [0.4, 0.5) is 23.1 Å². The average molecular weight is 671 g/mol. The van der Waals surface area contributed by atoms with E-state index in [1.165, 1.54) is 11.1 Å². The molecular weight excluding hydrogens is 625 g/mol. The van der Waals surface area contributed by atoms with Crippen LogP contribution in [0.3, 0.4) is 0 Å². The molecule has 3 aromatic rings. The molecule has 0 spiro atoms. The van der Waals surface area contributed by atoms with Gasteiger partial charge in [0.1, 0.15) is 18.7 Å². The number of anilines is 4. The second-order valence-electron chi connectivity index (χ2n) is 12.5. The van der Waals surface area contributed by atoms with E-state index >= 15 is 0 Å². The molecule has 2 aliphatic heterocycles. The molecule has 0 saturated carbocycles. The molecule has 43 heavy (non-hydrogen) atoms. The lowest BCUT2D eigenvalue weighted by atomic mass is 9.85. The fourth-order valence-corrected chi connectivity index (χ4v) is 7.69. The molecule has 0 aliphatic carbocycles. The van der Waals surface area contributed by atoms with E-state index in [2.05, 4.69) is 55.5 Å². The van der Waals surface area contributed by atoms with Crippen molar-refractivity contribution in [2.75, 3.05) is 50.3 Å². The highest BCUT2D eigenvalue weighted by atomic mass is 79.9. The van der Waals surface area contributed by atoms with Gasteiger partial charge >= 0.3 is 0 Å². The normalized spacial score (nSPS) is 17.3. The molecule has 2 aromatic carbocycles. The number of nitrogens with one attached hydrogen (secondary N) is 2. The zero-order valence-corrected chi connectivity index (χ0v) is 28.7. The van der Waals surface area contributed by atoms with Crippen LogP contribution in [0.2, 0.25) is 0 Å². The van der Waals surface area contributed by atoms with Crippen molar-refractivity contribution >= 4 is 51.5 Å². The minimum Gasteiger partial charge on any atom is -0.489 e. The van der Waals surface area contributed by atoms with Crippen molar-refractivity contribution in [3.63, 3.8) is 0 Å². The van der Waals surface area contributed by atoms with Crippen molar-refractivity contribution in [2.24, 2.45) is 0 Å². The topological polar surface area (TPSA) is 88.6 Å². The number of hydrogen-bond donors (Lipinski definition) is 2. The molecule has 0 unspecified atom stereocenters. The third kappa shape index (κ3) is 7.99. The molecule has 0 bridgehead atoms. The number of ether oxygens (including phenoxy) is 2. The molecule has 5 rings (SSSR count). The molecule has 8 nitrogen and oxygen atoms in total. The lowest BCUT2D eigenvalue weighted by Gasteiger charge is -2.39. The third-order valence-corrected chi connectivity index (χ3v) is 10.5. The van der Waals surface area contributed by atoms with E-state index in [1.807, 2.05) is 39.0 Å². The molecule has 1 aromatic heterocycles. The fraction of sp³-hybridized carbons (Fsp3) is 0.515. The Bertz CT molecular complexity index is 1480. The second-order valence-corrected chi connectivity index (χ2v) is 16.6. The number of halogens is 1. The van der Waals surface area contributed by atoms with Crippen LogP contribution in [0.5, 0.6) is 5.75 Å². The monoisotopic (exact) mass is 669 g/mol. The molecule has 10 heteroatoms. The van der Waals surface area contributed by atoms with E-state index in [9.17, 15) is 4.57 Å². The van der Waals surface area contributed by atoms with Gasteiger partial charge in [-0.3, -0.25) is 0 Å². The Balaban J connectivity index is 1.37. The minimum absolute atomic E-state index is 0.0216. The summed E-state index contributed by atoms with van der Waals surface area (Å²) in [5, 5.41) is 7.61. The summed E-state index contributed by atoms with van der Waals surface area (Å²) in [6, 6.07) is 11.0. The highest BCUT2D eigenvalue weighted by Gasteiger charge is 2.28. The van der Waals surface area contributed by atoms with Crippen LogP contribution in [0.25, 0.3) is 0 Å². The maximum absolute atomic E-state index is 13.0. The largest absolute Gasteiger partial charge is 0.489 e. The zero-order chi connectivity index (χ0) is 30.7. The first-order chi connectivity index (χ1) is 20.5. The number of aryl methyl sites for hydroxylation is 2. The average Bonchev–Trinajstić information content (AvgIpc) is 2.97. The maximum Gasteiger partial charge on any atom is 0.229 e. The first-order valence-electron chi connectivity index (χ1n) is 15.3. The number of nitrogens with zero attached hydrogens (tertiary/aromatic N) is 3. The van der Waals surface area contributed by atoms with Gasteiger partial charge in [-0.2, -0.15) is 4.98 Å². The number of piperidine rings is 1. The highest BCUT2D eigenvalue weighted by Crippen LogP contribution is 2.40. The smallest absolute Gasteiger partial charge is 0.229 e. The van der Waals surface area contributed by atoms with Crippen molar-refractivity contribution < 1.29 is 14.0 Å². The molecule has 0 amide bonds. The van der Waals surface area contributed by atoms with E-state index in [0.717, 1.165) is 80.0 Å². The summed E-state index contributed by atoms with van der Waals surface area (Å²) in [5.74, 6) is 2.35. The molecule has 232 valence electrons. The maximum atomic E-state index is 13.0. The first kappa shape index (κ1) is 32.0. The van der Waals surface area contributed by atoms with Gasteiger partial charge in [0, 0.05) is 30.8 Å². The Morgan fingerprint density at radius 3 is 2.42 bits per heavy atom. The van der Waals surface area contributed by atoms with Gasteiger partial charge in [0.2, 0.25) is 5.95 Å². The van der Waals surface area contributed by atoms with E-state index in [0.29, 0.717) is 28.2 Å². The van der Waals surface area contributed by atoms with Gasteiger partial charge < -0.3 is 29.6 Å². The van der Waals surface area contributed by atoms with Crippen molar-refractivity contribution in [1.29, 1.82) is 0 Å². The summed E-state index contributed by atoms with van der Waals surface area (Å²) in [4.78, 5) is 12.0. The van der Waals surface area contributed by atoms with E-state index in [-0.39, 0.29) is 6.10 Å². The summed E-state index contributed by atoms with van der Waals surface area (Å²) in [6.07, 6.45) is 6.35. The summed E-state index contributed by atoms with van der Waals surface area (Å²) >= 11 is 3.59. The molecule has 0 radical (unpaired) electrons. The minimum atomic E-state index is -2.52. The molecule has 2 N–H and O–H groups in total. The Morgan fingerprint density at radius 2 is 1.74 bits per heavy atom. The van der Waals surface area contributed by atoms with Gasteiger partial charge in [-0.15, -0.1) is 0 Å². The van der Waals surface area contributed by atoms with E-state index in [4.69, 9.17) is 14.5 Å². The Kier molecular flexibility index (Phi) is 10.2.